The Labute approximate surface area is 141 Å². The van der Waals surface area contributed by atoms with Crippen molar-refractivity contribution in [2.75, 3.05) is 5.32 Å². The number of aromatic nitrogens is 3. The van der Waals surface area contributed by atoms with Gasteiger partial charge in [-0.15, -0.1) is 0 Å². The maximum Gasteiger partial charge on any atom is 0.411 e. The van der Waals surface area contributed by atoms with E-state index in [2.05, 4.69) is 24.5 Å². The molecule has 0 bridgehead atoms. The number of hydrogen-bond acceptors (Lipinski definition) is 7. The lowest BCUT2D eigenvalue weighted by Crippen LogP contribution is -2.37. The number of benzene rings is 1. The van der Waals surface area contributed by atoms with Crippen LogP contribution in [0, 0.1) is 6.92 Å². The molecule has 0 radical (unpaired) electrons. The minimum absolute atomic E-state index is 0.0677. The van der Waals surface area contributed by atoms with E-state index in [9.17, 15) is 13.2 Å². The zero-order chi connectivity index (χ0) is 17.0. The molecule has 0 spiro atoms. The van der Waals surface area contributed by atoms with E-state index in [1.807, 2.05) is 0 Å². The van der Waals surface area contributed by atoms with Crippen molar-refractivity contribution in [2.24, 2.45) is 0 Å². The van der Waals surface area contributed by atoms with Gasteiger partial charge in [0.15, 0.2) is 5.75 Å². The van der Waals surface area contributed by atoms with Gasteiger partial charge in [-0.2, -0.15) is 18.4 Å². The van der Waals surface area contributed by atoms with Gasteiger partial charge >= 0.3 is 16.3 Å². The number of anilines is 1. The maximum absolute atomic E-state index is 11.8. The molecule has 2 aromatic rings. The summed E-state index contributed by atoms with van der Waals surface area (Å²) in [5.74, 6) is -0.100. The Balaban J connectivity index is 2.05. The van der Waals surface area contributed by atoms with Crippen molar-refractivity contribution in [1.82, 2.24) is 19.7 Å². The number of halogens is 2. The number of aryl methyl sites for hydroxylation is 1. The van der Waals surface area contributed by atoms with Crippen LogP contribution in [0.5, 0.6) is 5.75 Å². The lowest BCUT2D eigenvalue weighted by Gasteiger charge is -2.09. The molecule has 9 nitrogen and oxygen atoms in total. The van der Waals surface area contributed by atoms with Crippen LogP contribution in [-0.2, 0) is 10.3 Å². The third-order valence-electron chi connectivity index (χ3n) is 2.20. The van der Waals surface area contributed by atoms with E-state index in [0.717, 1.165) is 0 Å². The average molecular weight is 378 g/mol. The molecule has 0 saturated carbocycles. The molecule has 1 heterocycles. The highest BCUT2D eigenvalue weighted by molar-refractivity contribution is 7.85. The molecule has 0 saturated heterocycles. The van der Waals surface area contributed by atoms with Gasteiger partial charge in [0.25, 0.3) is 0 Å². The third kappa shape index (κ3) is 5.20. The molecular weight excluding hydrogens is 369 g/mol. The Morgan fingerprint density at radius 3 is 2.52 bits per heavy atom. The summed E-state index contributed by atoms with van der Waals surface area (Å²) >= 11 is 11.4. The molecule has 2 rings (SSSR count). The number of urea groups is 1. The summed E-state index contributed by atoms with van der Waals surface area (Å²) in [4.78, 5) is 22.7. The SMILES string of the molecule is Cc1nc(Cl)nc(NC(=O)NS(=O)(=O)Oc2ccccc2Cl)n1. The van der Waals surface area contributed by atoms with Gasteiger partial charge < -0.3 is 4.18 Å². The number of carbonyl (C=O) groups is 1. The molecule has 0 fully saturated rings. The molecule has 23 heavy (non-hydrogen) atoms. The molecular formula is C11H9Cl2N5O4S. The number of rotatable bonds is 4. The van der Waals surface area contributed by atoms with Crippen LogP contribution < -0.4 is 14.2 Å². The van der Waals surface area contributed by atoms with Crippen molar-refractivity contribution in [3.63, 3.8) is 0 Å². The molecule has 2 N–H and O–H groups in total. The van der Waals surface area contributed by atoms with E-state index in [-0.39, 0.29) is 27.8 Å². The maximum atomic E-state index is 11.8. The summed E-state index contributed by atoms with van der Waals surface area (Å²) in [7, 11) is -4.45. The molecule has 0 unspecified atom stereocenters. The summed E-state index contributed by atoms with van der Waals surface area (Å²) in [6.07, 6.45) is 0. The minimum atomic E-state index is -4.45. The van der Waals surface area contributed by atoms with Crippen LogP contribution in [0.4, 0.5) is 10.7 Å². The summed E-state index contributed by atoms with van der Waals surface area (Å²) in [6.45, 7) is 1.52. The van der Waals surface area contributed by atoms with Gasteiger partial charge in [0, 0.05) is 0 Å². The van der Waals surface area contributed by atoms with E-state index in [4.69, 9.17) is 23.2 Å². The quantitative estimate of drug-likeness (QED) is 0.833. The Bertz CT molecular complexity index is 826. The van der Waals surface area contributed by atoms with Crippen LogP contribution in [-0.4, -0.2) is 29.4 Å². The van der Waals surface area contributed by atoms with Crippen molar-refractivity contribution >= 4 is 45.5 Å². The van der Waals surface area contributed by atoms with E-state index < -0.39 is 16.3 Å². The third-order valence-corrected chi connectivity index (χ3v) is 3.51. The normalized spacial score (nSPS) is 10.9. The summed E-state index contributed by atoms with van der Waals surface area (Å²) in [5, 5.41) is 2.01. The average Bonchev–Trinajstić information content (AvgIpc) is 2.39. The van der Waals surface area contributed by atoms with Gasteiger partial charge in [0.2, 0.25) is 11.2 Å². The lowest BCUT2D eigenvalue weighted by atomic mass is 10.3. The number of amides is 2. The smallest absolute Gasteiger partial charge is 0.365 e. The molecule has 122 valence electrons. The molecule has 2 amide bonds. The summed E-state index contributed by atoms with van der Waals surface area (Å²) in [6, 6.07) is 4.73. The monoisotopic (exact) mass is 377 g/mol. The van der Waals surface area contributed by atoms with E-state index in [0.29, 0.717) is 0 Å². The van der Waals surface area contributed by atoms with Crippen LogP contribution in [0.2, 0.25) is 10.3 Å². The number of carbonyl (C=O) groups excluding carboxylic acids is 1. The standard InChI is InChI=1S/C11H9Cl2N5O4S/c1-6-14-9(13)16-10(15-6)17-11(19)18-23(20,21)22-8-5-3-2-4-7(8)12/h2-5H,1H3,(H2,14,15,16,17,18,19). The van der Waals surface area contributed by atoms with Gasteiger partial charge in [-0.3, -0.25) is 5.32 Å². The van der Waals surface area contributed by atoms with Crippen molar-refractivity contribution in [3.05, 3.63) is 40.4 Å². The van der Waals surface area contributed by atoms with Crippen LogP contribution in [0.25, 0.3) is 0 Å². The number of nitrogens with one attached hydrogen (secondary N) is 2. The first-order valence-corrected chi connectivity index (χ1v) is 8.07. The number of para-hydroxylation sites is 1. The second kappa shape index (κ2) is 6.94. The van der Waals surface area contributed by atoms with Crippen LogP contribution >= 0.6 is 23.2 Å². The molecule has 12 heteroatoms. The molecule has 0 aliphatic rings. The molecule has 0 atom stereocenters. The van der Waals surface area contributed by atoms with E-state index in [1.54, 1.807) is 10.8 Å². The Kier molecular flexibility index (Phi) is 5.19. The van der Waals surface area contributed by atoms with Gasteiger partial charge in [-0.1, -0.05) is 23.7 Å². The molecule has 1 aromatic heterocycles. The van der Waals surface area contributed by atoms with Crippen molar-refractivity contribution in [2.45, 2.75) is 6.92 Å². The first-order valence-electron chi connectivity index (χ1n) is 5.91. The van der Waals surface area contributed by atoms with Gasteiger partial charge in [-0.25, -0.2) is 14.5 Å². The second-order valence-corrected chi connectivity index (χ2v) is 6.02. The highest BCUT2D eigenvalue weighted by Gasteiger charge is 2.19. The van der Waals surface area contributed by atoms with Crippen LogP contribution in [0.3, 0.4) is 0 Å². The van der Waals surface area contributed by atoms with Crippen molar-refractivity contribution in [1.29, 1.82) is 0 Å². The number of nitrogens with zero attached hydrogens (tertiary/aromatic N) is 3. The fourth-order valence-corrected chi connectivity index (χ4v) is 2.52. The largest absolute Gasteiger partial charge is 0.411 e. The first kappa shape index (κ1) is 17.2. The van der Waals surface area contributed by atoms with Crippen LogP contribution in [0.15, 0.2) is 24.3 Å². The predicted octanol–water partition coefficient (Wildman–Crippen LogP) is 1.93. The van der Waals surface area contributed by atoms with E-state index >= 15 is 0 Å². The molecule has 1 aromatic carbocycles. The number of hydrogen-bond donors (Lipinski definition) is 2. The highest BCUT2D eigenvalue weighted by atomic mass is 35.5. The zero-order valence-corrected chi connectivity index (χ0v) is 13.8. The topological polar surface area (TPSA) is 123 Å². The molecule has 0 aliphatic heterocycles. The van der Waals surface area contributed by atoms with Crippen molar-refractivity contribution in [3.8, 4) is 5.75 Å². The highest BCUT2D eigenvalue weighted by Crippen LogP contribution is 2.24. The Morgan fingerprint density at radius 1 is 1.17 bits per heavy atom. The van der Waals surface area contributed by atoms with Crippen molar-refractivity contribution < 1.29 is 17.4 Å². The van der Waals surface area contributed by atoms with Gasteiger partial charge in [-0.05, 0) is 30.7 Å². The minimum Gasteiger partial charge on any atom is -0.365 e. The predicted molar refractivity (Wildman–Crippen MR) is 82.7 cm³/mol. The zero-order valence-electron chi connectivity index (χ0n) is 11.4. The van der Waals surface area contributed by atoms with Gasteiger partial charge in [0.1, 0.15) is 5.82 Å². The van der Waals surface area contributed by atoms with Gasteiger partial charge in [0.05, 0.1) is 5.02 Å². The van der Waals surface area contributed by atoms with E-state index in [1.165, 1.54) is 25.1 Å². The Morgan fingerprint density at radius 2 is 1.87 bits per heavy atom. The Hall–Kier alpha value is -2.17. The fourth-order valence-electron chi connectivity index (χ4n) is 1.40. The molecule has 0 aliphatic carbocycles. The summed E-state index contributed by atoms with van der Waals surface area (Å²) < 4.78 is 29.8. The van der Waals surface area contributed by atoms with Crippen LogP contribution in [0.1, 0.15) is 5.82 Å². The lowest BCUT2D eigenvalue weighted by molar-refractivity contribution is 0.255. The second-order valence-electron chi connectivity index (χ2n) is 4.00. The first-order chi connectivity index (χ1) is 10.7. The summed E-state index contributed by atoms with van der Waals surface area (Å²) in [5.41, 5.74) is 0. The fraction of sp³-hybridized carbons (Fsp3) is 0.0909.